The van der Waals surface area contributed by atoms with Crippen molar-refractivity contribution in [3.05, 3.63) is 28.2 Å². The molecule has 0 unspecified atom stereocenters. The molecular weight excluding hydrogens is 479 g/mol. The number of hydrogen-bond donors (Lipinski definition) is 0. The number of halogens is 2. The minimum absolute atomic E-state index is 0.0334. The molecule has 1 heterocycles. The predicted octanol–water partition coefficient (Wildman–Crippen LogP) is 7.76. The van der Waals surface area contributed by atoms with Crippen LogP contribution in [0.15, 0.2) is 23.3 Å². The fourth-order valence-corrected chi connectivity index (χ4v) is 10.5. The number of hydrogen-bond acceptors (Lipinski definition) is 4. The topological polar surface area (TPSA) is 41.9 Å². The van der Waals surface area contributed by atoms with Gasteiger partial charge in [0, 0.05) is 27.1 Å². The van der Waals surface area contributed by atoms with Gasteiger partial charge in [-0.2, -0.15) is 5.10 Å². The highest BCUT2D eigenvalue weighted by molar-refractivity contribution is 6.35. The van der Waals surface area contributed by atoms with Gasteiger partial charge >= 0.3 is 5.97 Å². The number of carbonyl (C=O) groups excluding carboxylic acids is 1. The second-order valence-corrected chi connectivity index (χ2v) is 13.8. The summed E-state index contributed by atoms with van der Waals surface area (Å²) in [5.41, 5.74) is 2.64. The molecule has 4 nitrogen and oxygen atoms in total. The summed E-state index contributed by atoms with van der Waals surface area (Å²) >= 11 is 12.7. The first kappa shape index (κ1) is 24.1. The molecule has 0 N–H and O–H groups in total. The fraction of sp³-hybridized carbons (Fsp3) is 0.724. The molecule has 4 saturated carbocycles. The van der Waals surface area contributed by atoms with E-state index in [1.54, 1.807) is 6.07 Å². The molecule has 6 rings (SSSR count). The third-order valence-corrected chi connectivity index (χ3v) is 11.6. The molecule has 35 heavy (non-hydrogen) atoms. The fourth-order valence-electron chi connectivity index (χ4n) is 9.97. The number of fused-ring (bicyclic) bond motifs is 5. The molecule has 0 aromatic heterocycles. The van der Waals surface area contributed by atoms with Gasteiger partial charge in [-0.25, -0.2) is 0 Å². The predicted molar refractivity (Wildman–Crippen MR) is 142 cm³/mol. The Hall–Kier alpha value is -1.26. The first-order valence-electron chi connectivity index (χ1n) is 13.6. The van der Waals surface area contributed by atoms with Crippen molar-refractivity contribution in [1.29, 1.82) is 0 Å². The van der Waals surface area contributed by atoms with Crippen LogP contribution in [0.2, 0.25) is 10.0 Å². The number of ether oxygens (including phenoxy) is 1. The highest BCUT2D eigenvalue weighted by Crippen LogP contribution is 2.75. The van der Waals surface area contributed by atoms with Gasteiger partial charge in [0.25, 0.3) is 0 Å². The highest BCUT2D eigenvalue weighted by Gasteiger charge is 2.71. The third kappa shape index (κ3) is 3.24. The van der Waals surface area contributed by atoms with Gasteiger partial charge in [0.05, 0.1) is 24.3 Å². The summed E-state index contributed by atoms with van der Waals surface area (Å²) in [5, 5.41) is 8.74. The van der Waals surface area contributed by atoms with E-state index in [2.05, 4.69) is 25.8 Å². The summed E-state index contributed by atoms with van der Waals surface area (Å²) in [7, 11) is 0. The number of benzene rings is 1. The maximum absolute atomic E-state index is 13.3. The lowest BCUT2D eigenvalue weighted by Crippen LogP contribution is -2.60. The number of esters is 1. The lowest BCUT2D eigenvalue weighted by atomic mass is 9.39. The smallest absolute Gasteiger partial charge is 0.312 e. The second-order valence-electron chi connectivity index (χ2n) is 12.9. The molecule has 6 heteroatoms. The average Bonchev–Trinajstić information content (AvgIpc) is 3.31. The van der Waals surface area contributed by atoms with Crippen LogP contribution in [0.1, 0.15) is 79.1 Å². The summed E-state index contributed by atoms with van der Waals surface area (Å²) in [6.45, 7) is 10.5. The Morgan fingerprint density at radius 3 is 2.49 bits per heavy atom. The number of carbonyl (C=O) groups is 1. The van der Waals surface area contributed by atoms with E-state index < -0.39 is 0 Å². The van der Waals surface area contributed by atoms with Crippen LogP contribution in [0.5, 0.6) is 0 Å². The van der Waals surface area contributed by atoms with Crippen LogP contribution in [0.4, 0.5) is 5.69 Å². The molecule has 1 spiro atoms. The van der Waals surface area contributed by atoms with Crippen LogP contribution in [0.3, 0.4) is 0 Å². The second kappa shape index (κ2) is 7.87. The number of anilines is 1. The van der Waals surface area contributed by atoms with Gasteiger partial charge < -0.3 is 4.74 Å². The molecule has 2 bridgehead atoms. The Kier molecular flexibility index (Phi) is 5.42. The minimum atomic E-state index is -0.361. The van der Waals surface area contributed by atoms with Crippen LogP contribution in [-0.2, 0) is 9.53 Å². The zero-order chi connectivity index (χ0) is 24.8. The summed E-state index contributed by atoms with van der Waals surface area (Å²) < 4.78 is 5.66. The standard InChI is InChI=1S/C29H38Cl2N2O2/c1-5-35-25(34)28(4)10-6-9-27(3)22(28)8-12-29-17-26(2,11-7-23(27)29)24-21(29)16-33(32-24)20-14-18(30)13-19(31)15-20/h13-15,21-23H,5-12,16-17H2,1-4H3/t21-,22+,23+,26+,27-,28-,29-/m1/s1. The van der Waals surface area contributed by atoms with Crippen molar-refractivity contribution in [2.75, 3.05) is 18.2 Å². The zero-order valence-corrected chi connectivity index (χ0v) is 23.0. The lowest BCUT2D eigenvalue weighted by molar-refractivity contribution is -0.191. The van der Waals surface area contributed by atoms with Crippen molar-refractivity contribution in [2.45, 2.75) is 79.1 Å². The molecule has 4 fully saturated rings. The normalized spacial score (nSPS) is 43.8. The summed E-state index contributed by atoms with van der Waals surface area (Å²) in [5.74, 6) is 1.52. The van der Waals surface area contributed by atoms with Crippen LogP contribution in [0.25, 0.3) is 0 Å². The molecule has 0 radical (unpaired) electrons. The van der Waals surface area contributed by atoms with Crippen molar-refractivity contribution in [2.24, 2.45) is 44.5 Å². The quantitative estimate of drug-likeness (QED) is 0.385. The van der Waals surface area contributed by atoms with E-state index in [0.717, 1.165) is 31.5 Å². The van der Waals surface area contributed by atoms with Crippen molar-refractivity contribution in [1.82, 2.24) is 0 Å². The van der Waals surface area contributed by atoms with Crippen LogP contribution < -0.4 is 5.01 Å². The molecule has 0 saturated heterocycles. The zero-order valence-electron chi connectivity index (χ0n) is 21.5. The van der Waals surface area contributed by atoms with Crippen molar-refractivity contribution in [3.63, 3.8) is 0 Å². The van der Waals surface area contributed by atoms with Gasteiger partial charge in [-0.3, -0.25) is 9.80 Å². The highest BCUT2D eigenvalue weighted by atomic mass is 35.5. The Bertz CT molecular complexity index is 1090. The van der Waals surface area contributed by atoms with Gasteiger partial charge in [0.15, 0.2) is 0 Å². The first-order valence-corrected chi connectivity index (χ1v) is 14.3. The minimum Gasteiger partial charge on any atom is -0.466 e. The molecule has 1 aliphatic heterocycles. The van der Waals surface area contributed by atoms with Crippen molar-refractivity contribution >= 4 is 40.6 Å². The van der Waals surface area contributed by atoms with Crippen LogP contribution in [0, 0.1) is 39.4 Å². The van der Waals surface area contributed by atoms with E-state index in [4.69, 9.17) is 33.0 Å². The molecule has 4 aliphatic carbocycles. The Balaban J connectivity index is 1.37. The lowest BCUT2D eigenvalue weighted by Gasteiger charge is -2.64. The monoisotopic (exact) mass is 516 g/mol. The van der Waals surface area contributed by atoms with Crippen LogP contribution in [-0.4, -0.2) is 24.8 Å². The van der Waals surface area contributed by atoms with E-state index >= 15 is 0 Å². The van der Waals surface area contributed by atoms with E-state index in [0.29, 0.717) is 34.4 Å². The Morgan fingerprint density at radius 2 is 1.77 bits per heavy atom. The van der Waals surface area contributed by atoms with Gasteiger partial charge in [0.2, 0.25) is 0 Å². The van der Waals surface area contributed by atoms with E-state index in [9.17, 15) is 4.79 Å². The van der Waals surface area contributed by atoms with E-state index in [1.807, 2.05) is 19.1 Å². The molecule has 190 valence electrons. The summed E-state index contributed by atoms with van der Waals surface area (Å²) in [4.78, 5) is 13.3. The molecule has 1 aromatic rings. The maximum atomic E-state index is 13.3. The molecule has 1 aromatic carbocycles. The number of hydrazone groups is 1. The van der Waals surface area contributed by atoms with Crippen molar-refractivity contribution < 1.29 is 9.53 Å². The third-order valence-electron chi connectivity index (χ3n) is 11.2. The van der Waals surface area contributed by atoms with E-state index in [-0.39, 0.29) is 27.6 Å². The molecule has 5 aliphatic rings. The van der Waals surface area contributed by atoms with Crippen LogP contribution >= 0.6 is 23.2 Å². The largest absolute Gasteiger partial charge is 0.466 e. The first-order chi connectivity index (χ1) is 16.6. The number of rotatable bonds is 3. The Labute approximate surface area is 219 Å². The molecule has 0 amide bonds. The SMILES string of the molecule is CCOC(=O)[C@]1(C)CCC[C@@]2(C)[C@@H]3CC[C@@]4(C)C[C@]3(CC[C@@H]21)[C@@H]1CN(c2cc(Cl)cc(Cl)c2)N=C14. The average molecular weight is 518 g/mol. The molecule has 7 atom stereocenters. The van der Waals surface area contributed by atoms with E-state index in [1.165, 1.54) is 37.8 Å². The number of nitrogens with zero attached hydrogens (tertiary/aromatic N) is 2. The Morgan fingerprint density at radius 1 is 1.06 bits per heavy atom. The van der Waals surface area contributed by atoms with Gasteiger partial charge in [0.1, 0.15) is 0 Å². The summed E-state index contributed by atoms with van der Waals surface area (Å²) in [6, 6.07) is 5.75. The maximum Gasteiger partial charge on any atom is 0.312 e. The van der Waals surface area contributed by atoms with Gasteiger partial charge in [-0.15, -0.1) is 0 Å². The van der Waals surface area contributed by atoms with Crippen molar-refractivity contribution in [3.8, 4) is 0 Å². The summed E-state index contributed by atoms with van der Waals surface area (Å²) in [6.07, 6.45) is 9.30. The van der Waals surface area contributed by atoms with Gasteiger partial charge in [-0.05, 0) is 99.7 Å². The van der Waals surface area contributed by atoms with Gasteiger partial charge in [-0.1, -0.05) is 43.5 Å². The molecular formula is C29H38Cl2N2O2.